The second kappa shape index (κ2) is 5.18. The van der Waals surface area contributed by atoms with E-state index in [1.165, 1.54) is 16.8 Å². The molecule has 10 heteroatoms. The summed E-state index contributed by atoms with van der Waals surface area (Å²) < 4.78 is 64.1. The van der Waals surface area contributed by atoms with Gasteiger partial charge in [0.25, 0.3) is 0 Å². The maximum Gasteiger partial charge on any atom is 0.453 e. The van der Waals surface area contributed by atoms with Crippen molar-refractivity contribution in [2.45, 2.75) is 31.9 Å². The number of aromatic nitrogens is 3. The summed E-state index contributed by atoms with van der Waals surface area (Å²) in [6.45, 7) is 1.63. The highest BCUT2D eigenvalue weighted by atomic mass is 19.4. The maximum absolute atomic E-state index is 13.0. The number of nitrogen functional groups attached to an aromatic ring is 1. The highest BCUT2D eigenvalue weighted by Crippen LogP contribution is 2.38. The fourth-order valence-corrected chi connectivity index (χ4v) is 1.90. The first-order chi connectivity index (χ1) is 10.0. The van der Waals surface area contributed by atoms with Crippen molar-refractivity contribution in [3.05, 3.63) is 29.5 Å². The third-order valence-corrected chi connectivity index (χ3v) is 2.99. The highest BCUT2D eigenvalue weighted by Gasteiger charge is 2.56. The molecule has 22 heavy (non-hydrogen) atoms. The minimum atomic E-state index is -5.62. The molecule has 2 aromatic rings. The number of nitrogens with two attached hydrogens (primary N) is 1. The average Bonchev–Trinajstić information content (AvgIpc) is 2.74. The molecule has 5 nitrogen and oxygen atoms in total. The lowest BCUT2D eigenvalue weighted by molar-refractivity contribution is -0.284. The van der Waals surface area contributed by atoms with Crippen LogP contribution in [0, 0.1) is 12.3 Å². The normalized spacial score (nSPS) is 12.8. The fourth-order valence-electron chi connectivity index (χ4n) is 1.90. The van der Waals surface area contributed by atoms with Crippen LogP contribution in [0.3, 0.4) is 0 Å². The first-order valence-corrected chi connectivity index (χ1v) is 6.15. The van der Waals surface area contributed by atoms with Crippen LogP contribution in [0.2, 0.25) is 0 Å². The van der Waals surface area contributed by atoms with Crippen molar-refractivity contribution in [1.29, 1.82) is 5.41 Å². The summed E-state index contributed by atoms with van der Waals surface area (Å²) in [5, 5.41) is 7.32. The first-order valence-electron chi connectivity index (χ1n) is 6.15. The molecule has 0 aromatic carbocycles. The monoisotopic (exact) mass is 321 g/mol. The lowest BCUT2D eigenvalue weighted by Crippen LogP contribution is -2.36. The van der Waals surface area contributed by atoms with E-state index in [4.69, 9.17) is 11.1 Å². The Labute approximate surface area is 121 Å². The number of hydrogen-bond acceptors (Lipinski definition) is 3. The van der Waals surface area contributed by atoms with Gasteiger partial charge in [0.05, 0.1) is 11.4 Å². The van der Waals surface area contributed by atoms with E-state index in [1.807, 2.05) is 0 Å². The zero-order valence-corrected chi connectivity index (χ0v) is 11.4. The molecule has 0 spiro atoms. The van der Waals surface area contributed by atoms with Crippen molar-refractivity contribution < 1.29 is 22.0 Å². The van der Waals surface area contributed by atoms with Crippen LogP contribution < -0.4 is 5.73 Å². The van der Waals surface area contributed by atoms with Crippen molar-refractivity contribution in [1.82, 2.24) is 14.4 Å². The van der Waals surface area contributed by atoms with E-state index < -0.39 is 30.8 Å². The zero-order valence-electron chi connectivity index (χ0n) is 11.4. The Morgan fingerprint density at radius 2 is 1.86 bits per heavy atom. The van der Waals surface area contributed by atoms with Gasteiger partial charge in [-0.15, -0.1) is 0 Å². The number of rotatable bonds is 4. The van der Waals surface area contributed by atoms with Crippen molar-refractivity contribution in [2.75, 3.05) is 0 Å². The molecule has 0 aliphatic rings. The maximum atomic E-state index is 13.0. The molecule has 0 radical (unpaired) electrons. The topological polar surface area (TPSA) is 80.1 Å². The number of amidine groups is 1. The Bertz CT molecular complexity index is 719. The summed E-state index contributed by atoms with van der Waals surface area (Å²) >= 11 is 0. The minimum Gasteiger partial charge on any atom is -0.382 e. The number of alkyl halides is 5. The van der Waals surface area contributed by atoms with E-state index in [0.29, 0.717) is 5.69 Å². The Morgan fingerprint density at radius 1 is 1.23 bits per heavy atom. The van der Waals surface area contributed by atoms with Gasteiger partial charge in [0.2, 0.25) is 0 Å². The van der Waals surface area contributed by atoms with E-state index >= 15 is 0 Å². The number of nitrogens with zero attached hydrogens (tertiary/aromatic N) is 3. The van der Waals surface area contributed by atoms with E-state index in [0.717, 1.165) is 0 Å². The number of aryl methyl sites for hydroxylation is 2. The van der Waals surface area contributed by atoms with Gasteiger partial charge in [0.1, 0.15) is 11.5 Å². The number of halogens is 5. The molecule has 2 heterocycles. The van der Waals surface area contributed by atoms with Crippen molar-refractivity contribution in [2.24, 2.45) is 5.73 Å². The molecule has 120 valence electrons. The summed E-state index contributed by atoms with van der Waals surface area (Å²) in [6, 6.07) is 0. The molecule has 0 aliphatic carbocycles. The standard InChI is InChI=1S/C12H12F5N5/c1-6-4-22-5-8(9(18)19)21-7(10(22)20-6)2-3-11(13,14)12(15,16)17/h4-5H,2-3H2,1H3,(H3,18,19). The van der Waals surface area contributed by atoms with Crippen LogP contribution in [-0.2, 0) is 6.42 Å². The van der Waals surface area contributed by atoms with Gasteiger partial charge in [-0.25, -0.2) is 9.97 Å². The Hall–Kier alpha value is -2.26. The van der Waals surface area contributed by atoms with E-state index in [2.05, 4.69) is 9.97 Å². The fraction of sp³-hybridized carbons (Fsp3) is 0.417. The summed E-state index contributed by atoms with van der Waals surface area (Å²) in [4.78, 5) is 7.90. The predicted octanol–water partition coefficient (Wildman–Crippen LogP) is 2.45. The van der Waals surface area contributed by atoms with Crippen LogP contribution >= 0.6 is 0 Å². The van der Waals surface area contributed by atoms with Crippen LogP contribution in [0.4, 0.5) is 22.0 Å². The summed E-state index contributed by atoms with van der Waals surface area (Å²) in [5.41, 5.74) is 5.91. The van der Waals surface area contributed by atoms with Gasteiger partial charge in [-0.2, -0.15) is 22.0 Å². The number of nitrogens with one attached hydrogen (secondary N) is 1. The summed E-state index contributed by atoms with van der Waals surface area (Å²) in [7, 11) is 0. The lowest BCUT2D eigenvalue weighted by Gasteiger charge is -2.19. The second-order valence-electron chi connectivity index (χ2n) is 4.80. The van der Waals surface area contributed by atoms with E-state index in [9.17, 15) is 22.0 Å². The molecule has 2 rings (SSSR count). The summed E-state index contributed by atoms with van der Waals surface area (Å²) in [5.74, 6) is -5.24. The van der Waals surface area contributed by atoms with Crippen LogP contribution in [0.5, 0.6) is 0 Å². The third kappa shape index (κ3) is 3.00. The lowest BCUT2D eigenvalue weighted by atomic mass is 10.1. The molecule has 0 amide bonds. The van der Waals surface area contributed by atoms with Crippen molar-refractivity contribution in [3.8, 4) is 0 Å². The minimum absolute atomic E-state index is 0.0183. The Balaban J connectivity index is 2.40. The molecule has 0 bridgehead atoms. The molecule has 0 aliphatic heterocycles. The highest BCUT2D eigenvalue weighted by molar-refractivity contribution is 5.93. The van der Waals surface area contributed by atoms with Gasteiger partial charge in [0.15, 0.2) is 5.65 Å². The third-order valence-electron chi connectivity index (χ3n) is 2.99. The molecule has 0 atom stereocenters. The van der Waals surface area contributed by atoms with Crippen LogP contribution in [0.1, 0.15) is 23.5 Å². The Morgan fingerprint density at radius 3 is 2.41 bits per heavy atom. The smallest absolute Gasteiger partial charge is 0.382 e. The molecule has 0 unspecified atom stereocenters. The van der Waals surface area contributed by atoms with Gasteiger partial charge in [0, 0.05) is 18.8 Å². The largest absolute Gasteiger partial charge is 0.453 e. The number of fused-ring (bicyclic) bond motifs is 1. The summed E-state index contributed by atoms with van der Waals surface area (Å²) in [6.07, 6.45) is -4.81. The van der Waals surface area contributed by atoms with Gasteiger partial charge in [-0.05, 0) is 13.3 Å². The molecule has 3 N–H and O–H groups in total. The molecular formula is C12H12F5N5. The number of hydrogen-bond donors (Lipinski definition) is 2. The molecular weight excluding hydrogens is 309 g/mol. The quantitative estimate of drug-likeness (QED) is 0.516. The van der Waals surface area contributed by atoms with Gasteiger partial charge < -0.3 is 10.1 Å². The average molecular weight is 321 g/mol. The predicted molar refractivity (Wildman–Crippen MR) is 68.1 cm³/mol. The van der Waals surface area contributed by atoms with Crippen LogP contribution in [0.15, 0.2) is 12.4 Å². The van der Waals surface area contributed by atoms with Crippen molar-refractivity contribution in [3.63, 3.8) is 0 Å². The van der Waals surface area contributed by atoms with Crippen molar-refractivity contribution >= 4 is 11.5 Å². The number of imidazole rings is 1. The Kier molecular flexibility index (Phi) is 3.80. The van der Waals surface area contributed by atoms with Gasteiger partial charge >= 0.3 is 12.1 Å². The first kappa shape index (κ1) is 16.1. The van der Waals surface area contributed by atoms with E-state index in [1.54, 1.807) is 6.92 Å². The molecule has 0 fully saturated rings. The molecule has 0 saturated heterocycles. The van der Waals surface area contributed by atoms with Gasteiger partial charge in [-0.3, -0.25) is 5.41 Å². The SMILES string of the molecule is Cc1cn2cc(C(=N)N)nc(CCC(F)(F)C(F)(F)F)c2n1. The van der Waals surface area contributed by atoms with Gasteiger partial charge in [-0.1, -0.05) is 0 Å². The van der Waals surface area contributed by atoms with E-state index in [-0.39, 0.29) is 17.0 Å². The molecule has 2 aromatic heterocycles. The molecule has 0 saturated carbocycles. The zero-order chi connectivity index (χ0) is 16.7. The second-order valence-corrected chi connectivity index (χ2v) is 4.80. The van der Waals surface area contributed by atoms with Crippen LogP contribution in [0.25, 0.3) is 5.65 Å². The van der Waals surface area contributed by atoms with Crippen LogP contribution in [-0.4, -0.2) is 32.3 Å².